The molecule has 5 rings (SSSR count). The molecule has 1 aliphatic carbocycles. The third kappa shape index (κ3) is 3.72. The molecule has 152 valence electrons. The highest BCUT2D eigenvalue weighted by Crippen LogP contribution is 2.49. The zero-order valence-corrected chi connectivity index (χ0v) is 17.4. The summed E-state index contributed by atoms with van der Waals surface area (Å²) in [5.74, 6) is 0.145. The Morgan fingerprint density at radius 2 is 1.76 bits per heavy atom. The molecule has 29 heavy (non-hydrogen) atoms. The number of amides is 1. The molecule has 4 nitrogen and oxygen atoms in total. The third-order valence-electron chi connectivity index (χ3n) is 7.22. The van der Waals surface area contributed by atoms with Gasteiger partial charge in [0.15, 0.2) is 0 Å². The van der Waals surface area contributed by atoms with Gasteiger partial charge in [0, 0.05) is 24.8 Å². The lowest BCUT2D eigenvalue weighted by Gasteiger charge is -2.40. The van der Waals surface area contributed by atoms with Crippen LogP contribution in [0.2, 0.25) is 0 Å². The number of carbonyl (C=O) groups excluding carboxylic acids is 1. The first kappa shape index (κ1) is 18.8. The van der Waals surface area contributed by atoms with Crippen molar-refractivity contribution in [3.63, 3.8) is 0 Å². The van der Waals surface area contributed by atoms with E-state index in [1.54, 1.807) is 0 Å². The zero-order chi connectivity index (χ0) is 19.8. The molecule has 0 aromatic heterocycles. The highest BCUT2D eigenvalue weighted by molar-refractivity contribution is 6.01. The maximum atomic E-state index is 13.1. The third-order valence-corrected chi connectivity index (χ3v) is 7.22. The standard InChI is InChI=1S/C25H31N3O/c1-27-14-10-23(11-15-27)28-16-9-19-7-8-22(17-20(19)18-28)26-24(29)25(12-13-25)21-5-3-2-4-6-21/h2-8,17,23H,9-16,18H2,1H3,(H,26,29). The van der Waals surface area contributed by atoms with Gasteiger partial charge >= 0.3 is 0 Å². The lowest BCUT2D eigenvalue weighted by molar-refractivity contribution is -0.118. The second-order valence-corrected chi connectivity index (χ2v) is 9.14. The van der Waals surface area contributed by atoms with Crippen LogP contribution in [-0.4, -0.2) is 48.4 Å². The van der Waals surface area contributed by atoms with Gasteiger partial charge in [-0.1, -0.05) is 36.4 Å². The van der Waals surface area contributed by atoms with Crippen molar-refractivity contribution in [3.05, 3.63) is 65.2 Å². The summed E-state index contributed by atoms with van der Waals surface area (Å²) in [6.45, 7) is 4.57. The van der Waals surface area contributed by atoms with Gasteiger partial charge in [0.25, 0.3) is 0 Å². The molecule has 0 radical (unpaired) electrons. The minimum absolute atomic E-state index is 0.145. The normalized spacial score (nSPS) is 22.1. The first-order chi connectivity index (χ1) is 14.1. The summed E-state index contributed by atoms with van der Waals surface area (Å²) in [6, 6.07) is 17.5. The molecule has 3 aliphatic rings. The van der Waals surface area contributed by atoms with Crippen LogP contribution in [0, 0.1) is 0 Å². The molecule has 1 N–H and O–H groups in total. The van der Waals surface area contributed by atoms with Crippen molar-refractivity contribution in [2.75, 3.05) is 32.0 Å². The SMILES string of the molecule is CN1CCC(N2CCc3ccc(NC(=O)C4(c5ccccc5)CC4)cc3C2)CC1. The van der Waals surface area contributed by atoms with Gasteiger partial charge in [0.2, 0.25) is 5.91 Å². The van der Waals surface area contributed by atoms with Crippen LogP contribution in [0.3, 0.4) is 0 Å². The first-order valence-electron chi connectivity index (χ1n) is 11.1. The van der Waals surface area contributed by atoms with E-state index < -0.39 is 0 Å². The van der Waals surface area contributed by atoms with Crippen LogP contribution in [0.5, 0.6) is 0 Å². The van der Waals surface area contributed by atoms with Gasteiger partial charge < -0.3 is 10.2 Å². The van der Waals surface area contributed by atoms with Crippen molar-refractivity contribution >= 4 is 11.6 Å². The summed E-state index contributed by atoms with van der Waals surface area (Å²) in [5, 5.41) is 3.23. The van der Waals surface area contributed by atoms with Gasteiger partial charge in [-0.25, -0.2) is 0 Å². The van der Waals surface area contributed by atoms with E-state index in [1.165, 1.54) is 37.1 Å². The van der Waals surface area contributed by atoms with E-state index >= 15 is 0 Å². The Hall–Kier alpha value is -2.17. The number of nitrogens with zero attached hydrogens (tertiary/aromatic N) is 2. The summed E-state index contributed by atoms with van der Waals surface area (Å²) in [4.78, 5) is 18.2. The minimum Gasteiger partial charge on any atom is -0.325 e. The predicted octanol–water partition coefficient (Wildman–Crippen LogP) is 3.81. The smallest absolute Gasteiger partial charge is 0.235 e. The van der Waals surface area contributed by atoms with E-state index in [2.05, 4.69) is 52.5 Å². The Bertz CT molecular complexity index is 882. The molecule has 4 heteroatoms. The molecule has 2 heterocycles. The Labute approximate surface area is 173 Å². The fraction of sp³-hybridized carbons (Fsp3) is 0.480. The highest BCUT2D eigenvalue weighted by Gasteiger charge is 2.51. The molecule has 2 aromatic rings. The molecule has 1 saturated carbocycles. The monoisotopic (exact) mass is 389 g/mol. The maximum absolute atomic E-state index is 13.1. The van der Waals surface area contributed by atoms with Crippen LogP contribution in [0.25, 0.3) is 0 Å². The number of nitrogens with one attached hydrogen (secondary N) is 1. The highest BCUT2D eigenvalue weighted by atomic mass is 16.2. The van der Waals surface area contributed by atoms with Crippen LogP contribution in [0.1, 0.15) is 42.4 Å². The number of anilines is 1. The number of likely N-dealkylation sites (tertiary alicyclic amines) is 1. The Balaban J connectivity index is 1.29. The van der Waals surface area contributed by atoms with E-state index in [9.17, 15) is 4.79 Å². The summed E-state index contributed by atoms with van der Waals surface area (Å²) in [5.41, 5.74) is 4.59. The average molecular weight is 390 g/mol. The molecule has 2 fully saturated rings. The van der Waals surface area contributed by atoms with Crippen molar-refractivity contribution in [3.8, 4) is 0 Å². The van der Waals surface area contributed by atoms with Crippen LogP contribution < -0.4 is 5.32 Å². The number of hydrogen-bond acceptors (Lipinski definition) is 3. The fourth-order valence-corrected chi connectivity index (χ4v) is 5.11. The van der Waals surface area contributed by atoms with Gasteiger partial charge in [0.1, 0.15) is 0 Å². The number of hydrogen-bond donors (Lipinski definition) is 1. The topological polar surface area (TPSA) is 35.6 Å². The van der Waals surface area contributed by atoms with Gasteiger partial charge in [-0.3, -0.25) is 9.69 Å². The molecular weight excluding hydrogens is 358 g/mol. The van der Waals surface area contributed by atoms with Crippen molar-refractivity contribution in [2.45, 2.75) is 50.1 Å². The largest absolute Gasteiger partial charge is 0.325 e. The molecule has 0 spiro atoms. The molecular formula is C25H31N3O. The fourth-order valence-electron chi connectivity index (χ4n) is 5.11. The minimum atomic E-state index is -0.322. The average Bonchev–Trinajstić information content (AvgIpc) is 3.57. The van der Waals surface area contributed by atoms with Crippen LogP contribution in [0.15, 0.2) is 48.5 Å². The molecule has 0 bridgehead atoms. The number of benzene rings is 2. The second kappa shape index (κ2) is 7.58. The first-order valence-corrected chi connectivity index (χ1v) is 11.1. The molecule has 1 amide bonds. The van der Waals surface area contributed by atoms with Crippen LogP contribution in [-0.2, 0) is 23.2 Å². The van der Waals surface area contributed by atoms with Crippen molar-refractivity contribution in [1.29, 1.82) is 0 Å². The number of fused-ring (bicyclic) bond motifs is 1. The molecule has 2 aliphatic heterocycles. The van der Waals surface area contributed by atoms with E-state index in [0.29, 0.717) is 6.04 Å². The lowest BCUT2D eigenvalue weighted by atomic mass is 9.93. The molecule has 0 unspecified atom stereocenters. The predicted molar refractivity (Wildman–Crippen MR) is 117 cm³/mol. The lowest BCUT2D eigenvalue weighted by Crippen LogP contribution is -2.45. The number of piperidine rings is 1. The molecule has 1 saturated heterocycles. The van der Waals surface area contributed by atoms with Gasteiger partial charge in [-0.2, -0.15) is 0 Å². The van der Waals surface area contributed by atoms with Crippen molar-refractivity contribution in [2.24, 2.45) is 0 Å². The van der Waals surface area contributed by atoms with Crippen molar-refractivity contribution in [1.82, 2.24) is 9.80 Å². The van der Waals surface area contributed by atoms with E-state index in [1.807, 2.05) is 18.2 Å². The van der Waals surface area contributed by atoms with Crippen LogP contribution in [0.4, 0.5) is 5.69 Å². The summed E-state index contributed by atoms with van der Waals surface area (Å²) < 4.78 is 0. The van der Waals surface area contributed by atoms with E-state index in [0.717, 1.165) is 43.6 Å². The van der Waals surface area contributed by atoms with Gasteiger partial charge in [-0.15, -0.1) is 0 Å². The second-order valence-electron chi connectivity index (χ2n) is 9.14. The van der Waals surface area contributed by atoms with Crippen LogP contribution >= 0.6 is 0 Å². The Morgan fingerprint density at radius 3 is 2.48 bits per heavy atom. The molecule has 0 atom stereocenters. The van der Waals surface area contributed by atoms with Gasteiger partial charge in [-0.05, 0) is 81.1 Å². The van der Waals surface area contributed by atoms with E-state index in [-0.39, 0.29) is 11.3 Å². The van der Waals surface area contributed by atoms with Gasteiger partial charge in [0.05, 0.1) is 5.41 Å². The summed E-state index contributed by atoms with van der Waals surface area (Å²) >= 11 is 0. The van der Waals surface area contributed by atoms with E-state index in [4.69, 9.17) is 0 Å². The number of carbonyl (C=O) groups is 1. The Kier molecular flexibility index (Phi) is 4.92. The maximum Gasteiger partial charge on any atom is 0.235 e. The summed E-state index contributed by atoms with van der Waals surface area (Å²) in [6.07, 6.45) is 5.53. The van der Waals surface area contributed by atoms with Crippen molar-refractivity contribution < 1.29 is 4.79 Å². The quantitative estimate of drug-likeness (QED) is 0.864. The molecule has 2 aromatic carbocycles. The number of rotatable bonds is 4. The summed E-state index contributed by atoms with van der Waals surface area (Å²) in [7, 11) is 2.22. The Morgan fingerprint density at radius 1 is 1.00 bits per heavy atom. The zero-order valence-electron chi connectivity index (χ0n) is 17.4.